The van der Waals surface area contributed by atoms with Crippen molar-refractivity contribution in [3.05, 3.63) is 24.3 Å². The first-order valence-electron chi connectivity index (χ1n) is 7.00. The summed E-state index contributed by atoms with van der Waals surface area (Å²) in [4.78, 5) is 6.97. The van der Waals surface area contributed by atoms with Gasteiger partial charge in [-0.2, -0.15) is 0 Å². The van der Waals surface area contributed by atoms with Crippen molar-refractivity contribution < 1.29 is 0 Å². The number of rotatable bonds is 6. The van der Waals surface area contributed by atoms with Gasteiger partial charge < -0.3 is 15.2 Å². The predicted molar refractivity (Wildman–Crippen MR) is 81.5 cm³/mol. The molecule has 19 heavy (non-hydrogen) atoms. The summed E-state index contributed by atoms with van der Waals surface area (Å²) >= 11 is 0. The Hall–Kier alpha value is -1.55. The molecule has 0 atom stereocenters. The third-order valence-electron chi connectivity index (χ3n) is 3.37. The monoisotopic (exact) mass is 260 g/mol. The summed E-state index contributed by atoms with van der Waals surface area (Å²) in [6.07, 6.45) is 1.17. The van der Waals surface area contributed by atoms with Crippen LogP contribution in [0.25, 0.3) is 11.0 Å². The third-order valence-corrected chi connectivity index (χ3v) is 3.37. The highest BCUT2D eigenvalue weighted by molar-refractivity contribution is 5.78. The molecule has 0 radical (unpaired) electrons. The zero-order valence-corrected chi connectivity index (χ0v) is 12.1. The Bertz CT molecular complexity index is 530. The molecule has 2 N–H and O–H groups in total. The molecule has 0 saturated carbocycles. The molecule has 0 aliphatic heterocycles. The largest absolute Gasteiger partial charge is 0.345 e. The maximum atomic E-state index is 5.73. The zero-order chi connectivity index (χ0) is 13.8. The molecule has 0 fully saturated rings. The van der Waals surface area contributed by atoms with Crippen LogP contribution in [0.5, 0.6) is 0 Å². The maximum absolute atomic E-state index is 5.73. The summed E-state index contributed by atoms with van der Waals surface area (Å²) < 4.78 is 2.22. The SMILES string of the molecule is CC(C)CCN(C)c1nc2ccccc2n1CCN. The van der Waals surface area contributed by atoms with Gasteiger partial charge in [-0.25, -0.2) is 4.98 Å². The van der Waals surface area contributed by atoms with Crippen LogP contribution in [0.2, 0.25) is 0 Å². The van der Waals surface area contributed by atoms with Gasteiger partial charge in [0.25, 0.3) is 0 Å². The molecule has 2 rings (SSSR count). The second-order valence-electron chi connectivity index (χ2n) is 5.44. The zero-order valence-electron chi connectivity index (χ0n) is 12.1. The van der Waals surface area contributed by atoms with E-state index in [9.17, 15) is 0 Å². The second kappa shape index (κ2) is 6.06. The average Bonchev–Trinajstić information content (AvgIpc) is 2.76. The minimum absolute atomic E-state index is 0.630. The molecule has 1 aromatic heterocycles. The summed E-state index contributed by atoms with van der Waals surface area (Å²) in [6, 6.07) is 8.24. The van der Waals surface area contributed by atoms with E-state index >= 15 is 0 Å². The average molecular weight is 260 g/mol. The van der Waals surface area contributed by atoms with Crippen molar-refractivity contribution in [3.8, 4) is 0 Å². The van der Waals surface area contributed by atoms with E-state index in [1.54, 1.807) is 0 Å². The van der Waals surface area contributed by atoms with Crippen molar-refractivity contribution in [2.45, 2.75) is 26.8 Å². The number of para-hydroxylation sites is 2. The number of nitrogens with zero attached hydrogens (tertiary/aromatic N) is 3. The molecule has 104 valence electrons. The fraction of sp³-hybridized carbons (Fsp3) is 0.533. The quantitative estimate of drug-likeness (QED) is 0.868. The van der Waals surface area contributed by atoms with Gasteiger partial charge in [-0.1, -0.05) is 26.0 Å². The van der Waals surface area contributed by atoms with Crippen molar-refractivity contribution >= 4 is 17.0 Å². The molecule has 1 heterocycles. The summed E-state index contributed by atoms with van der Waals surface area (Å²) in [5.74, 6) is 1.72. The molecule has 1 aromatic carbocycles. The Morgan fingerprint density at radius 3 is 2.74 bits per heavy atom. The number of benzene rings is 1. The van der Waals surface area contributed by atoms with Crippen LogP contribution in [0, 0.1) is 5.92 Å². The standard InChI is InChI=1S/C15H24N4/c1-12(2)8-10-18(3)15-17-13-6-4-5-7-14(13)19(15)11-9-16/h4-7,12H,8-11,16H2,1-3H3. The number of anilines is 1. The van der Waals surface area contributed by atoms with Gasteiger partial charge in [-0.3, -0.25) is 0 Å². The van der Waals surface area contributed by atoms with Crippen LogP contribution in [-0.4, -0.2) is 29.7 Å². The van der Waals surface area contributed by atoms with Crippen LogP contribution in [0.4, 0.5) is 5.95 Å². The normalized spacial score (nSPS) is 11.4. The van der Waals surface area contributed by atoms with Crippen LogP contribution in [-0.2, 0) is 6.54 Å². The van der Waals surface area contributed by atoms with Crippen LogP contribution < -0.4 is 10.6 Å². The first-order valence-corrected chi connectivity index (χ1v) is 7.00. The van der Waals surface area contributed by atoms with Gasteiger partial charge in [-0.05, 0) is 24.5 Å². The van der Waals surface area contributed by atoms with Crippen LogP contribution in [0.1, 0.15) is 20.3 Å². The van der Waals surface area contributed by atoms with Gasteiger partial charge in [0, 0.05) is 26.7 Å². The Morgan fingerprint density at radius 1 is 1.32 bits per heavy atom. The highest BCUT2D eigenvalue weighted by atomic mass is 15.3. The Balaban J connectivity index is 2.32. The smallest absolute Gasteiger partial charge is 0.206 e. The van der Waals surface area contributed by atoms with Crippen LogP contribution in [0.3, 0.4) is 0 Å². The summed E-state index contributed by atoms with van der Waals surface area (Å²) in [5.41, 5.74) is 7.94. The van der Waals surface area contributed by atoms with E-state index in [2.05, 4.69) is 48.6 Å². The topological polar surface area (TPSA) is 47.1 Å². The molecule has 0 aliphatic carbocycles. The van der Waals surface area contributed by atoms with Crippen molar-refractivity contribution in [3.63, 3.8) is 0 Å². The molecule has 0 amide bonds. The highest BCUT2D eigenvalue weighted by Gasteiger charge is 2.13. The highest BCUT2D eigenvalue weighted by Crippen LogP contribution is 2.22. The molecule has 0 unspecified atom stereocenters. The van der Waals surface area contributed by atoms with E-state index in [-0.39, 0.29) is 0 Å². The number of hydrogen-bond donors (Lipinski definition) is 1. The first-order chi connectivity index (χ1) is 9.13. The van der Waals surface area contributed by atoms with Gasteiger partial charge in [-0.15, -0.1) is 0 Å². The van der Waals surface area contributed by atoms with Crippen molar-refractivity contribution in [2.75, 3.05) is 25.0 Å². The molecule has 2 aromatic rings. The number of imidazole rings is 1. The summed E-state index contributed by atoms with van der Waals surface area (Å²) in [6.45, 7) is 6.95. The van der Waals surface area contributed by atoms with Gasteiger partial charge in [0.05, 0.1) is 11.0 Å². The molecule has 0 aliphatic rings. The first kappa shape index (κ1) is 13.9. The third kappa shape index (κ3) is 3.07. The van der Waals surface area contributed by atoms with Gasteiger partial charge in [0.15, 0.2) is 0 Å². The van der Waals surface area contributed by atoms with Crippen LogP contribution >= 0.6 is 0 Å². The van der Waals surface area contributed by atoms with Crippen molar-refractivity contribution in [1.29, 1.82) is 0 Å². The van der Waals surface area contributed by atoms with E-state index in [0.717, 1.165) is 24.6 Å². The van der Waals surface area contributed by atoms with Gasteiger partial charge in [0.1, 0.15) is 0 Å². The van der Waals surface area contributed by atoms with Crippen molar-refractivity contribution in [2.24, 2.45) is 11.7 Å². The molecule has 4 heteroatoms. The Labute approximate surface area is 115 Å². The molecular weight excluding hydrogens is 236 g/mol. The minimum Gasteiger partial charge on any atom is -0.345 e. The molecule has 0 bridgehead atoms. The summed E-state index contributed by atoms with van der Waals surface area (Å²) in [5, 5.41) is 0. The maximum Gasteiger partial charge on any atom is 0.206 e. The molecular formula is C15H24N4. The molecule has 0 spiro atoms. The predicted octanol–water partition coefficient (Wildman–Crippen LogP) is 2.48. The second-order valence-corrected chi connectivity index (χ2v) is 5.44. The fourth-order valence-corrected chi connectivity index (χ4v) is 2.26. The minimum atomic E-state index is 0.630. The van der Waals surface area contributed by atoms with Gasteiger partial charge in [0.2, 0.25) is 5.95 Å². The Kier molecular flexibility index (Phi) is 4.43. The molecule has 4 nitrogen and oxygen atoms in total. The number of fused-ring (bicyclic) bond motifs is 1. The summed E-state index contributed by atoms with van der Waals surface area (Å²) in [7, 11) is 2.11. The van der Waals surface area contributed by atoms with E-state index in [0.29, 0.717) is 12.5 Å². The van der Waals surface area contributed by atoms with Crippen LogP contribution in [0.15, 0.2) is 24.3 Å². The number of nitrogens with two attached hydrogens (primary N) is 1. The molecule has 0 saturated heterocycles. The lowest BCUT2D eigenvalue weighted by molar-refractivity contribution is 0.576. The van der Waals surface area contributed by atoms with E-state index in [4.69, 9.17) is 10.7 Å². The van der Waals surface area contributed by atoms with Crippen molar-refractivity contribution in [1.82, 2.24) is 9.55 Å². The number of hydrogen-bond acceptors (Lipinski definition) is 3. The Morgan fingerprint density at radius 2 is 2.05 bits per heavy atom. The lowest BCUT2D eigenvalue weighted by Crippen LogP contribution is -2.24. The van der Waals surface area contributed by atoms with E-state index < -0.39 is 0 Å². The van der Waals surface area contributed by atoms with E-state index in [1.807, 2.05) is 6.07 Å². The lowest BCUT2D eigenvalue weighted by Gasteiger charge is -2.20. The number of aromatic nitrogens is 2. The lowest BCUT2D eigenvalue weighted by atomic mass is 10.1. The fourth-order valence-electron chi connectivity index (χ4n) is 2.26. The van der Waals surface area contributed by atoms with Gasteiger partial charge >= 0.3 is 0 Å². The van der Waals surface area contributed by atoms with E-state index in [1.165, 1.54) is 11.9 Å².